The molecule has 1 aliphatic rings. The minimum atomic E-state index is -1.38. The Morgan fingerprint density at radius 2 is 0.567 bits per heavy atom. The number of aliphatic hydroxyl groups excluding tert-OH is 16. The SMILES string of the molecule is CC(=O)C(=O)O.CC(O)CC(=O)O.CO.CO.CO.O=C(O)CC(=O)O.O=C(O)CC(=O)O.O=C(O)CC(=O)O.O=C(O)CC(=O)O.O=C(O)CCC(=O)O.O=C(O)[C@@H]1CCCN1.O=CO.OCC(O)CO.OCC(O)CO.OCC(O)CO.OCC(O)CO. The van der Waals surface area contributed by atoms with Gasteiger partial charge in [-0.2, -0.15) is 0 Å². The zero-order chi connectivity index (χ0) is 75.7. The molecule has 0 aromatic heterocycles. The molecule has 1 unspecified atom stereocenters. The topological polar surface area (TPSA) is 875 Å². The van der Waals surface area contributed by atoms with Crippen LogP contribution in [-0.4, -0.2) is 360 Å². The number of carbonyl (C=O) groups excluding carboxylic acids is 1. The van der Waals surface area contributed by atoms with Crippen LogP contribution in [0.3, 0.4) is 0 Å². The lowest BCUT2D eigenvalue weighted by Crippen LogP contribution is -2.29. The lowest BCUT2D eigenvalue weighted by atomic mass is 10.2. The Balaban J connectivity index is -0.0000000519. The molecule has 1 aliphatic heterocycles. The van der Waals surface area contributed by atoms with Gasteiger partial charge in [-0.25, -0.2) is 4.79 Å². The van der Waals surface area contributed by atoms with Crippen LogP contribution >= 0.6 is 0 Å². The van der Waals surface area contributed by atoms with Crippen molar-refractivity contribution in [1.82, 2.24) is 5.32 Å². The molecule has 1 saturated heterocycles. The van der Waals surface area contributed by atoms with Crippen molar-refractivity contribution >= 4 is 89.9 Å². The fourth-order valence-corrected chi connectivity index (χ4v) is 2.11. The molecule has 90 heavy (non-hydrogen) atoms. The molecular weight excluding hydrogens is 1260 g/mol. The molecule has 46 nitrogen and oxygen atoms in total. The summed E-state index contributed by atoms with van der Waals surface area (Å²) < 4.78 is 0. The van der Waals surface area contributed by atoms with Gasteiger partial charge in [0.25, 0.3) is 6.47 Å². The predicted molar refractivity (Wildman–Crippen MR) is 289 cm³/mol. The number of nitrogens with one attached hydrogen (secondary N) is 1. The van der Waals surface area contributed by atoms with Gasteiger partial charge in [-0.15, -0.1) is 0 Å². The third-order valence-corrected chi connectivity index (χ3v) is 5.58. The number of carboxylic acid groups (broad SMARTS) is 14. The average Bonchev–Trinajstić information content (AvgIpc) is 4.13. The van der Waals surface area contributed by atoms with E-state index in [0.29, 0.717) is 0 Å². The summed E-state index contributed by atoms with van der Waals surface area (Å²) in [5.41, 5.74) is 0. The highest BCUT2D eigenvalue weighted by molar-refractivity contribution is 6.31. The minimum absolute atomic E-state index is 0.167. The van der Waals surface area contributed by atoms with Crippen molar-refractivity contribution in [2.75, 3.05) is 80.7 Å². The highest BCUT2D eigenvalue weighted by atomic mass is 16.4. The van der Waals surface area contributed by atoms with E-state index in [2.05, 4.69) is 5.32 Å². The van der Waals surface area contributed by atoms with E-state index >= 15 is 0 Å². The molecular formula is C44H89NO45. The van der Waals surface area contributed by atoms with Crippen molar-refractivity contribution in [3.05, 3.63) is 0 Å². The third-order valence-electron chi connectivity index (χ3n) is 5.58. The zero-order valence-electron chi connectivity index (χ0n) is 48.8. The molecule has 0 radical (unpaired) electrons. The minimum Gasteiger partial charge on any atom is -0.483 e. The van der Waals surface area contributed by atoms with E-state index in [9.17, 15) is 67.1 Å². The quantitative estimate of drug-likeness (QED) is 0.0257. The van der Waals surface area contributed by atoms with E-state index in [1.165, 1.54) is 6.92 Å². The van der Waals surface area contributed by atoms with Crippen molar-refractivity contribution in [2.45, 2.75) is 108 Å². The molecule has 0 aliphatic carbocycles. The van der Waals surface area contributed by atoms with Crippen LogP contribution in [0.1, 0.15) is 71.6 Å². The first-order valence-corrected chi connectivity index (χ1v) is 23.2. The Bertz CT molecular complexity index is 1520. The summed E-state index contributed by atoms with van der Waals surface area (Å²) in [5.74, 6) is -16.5. The van der Waals surface area contributed by atoms with Gasteiger partial charge >= 0.3 is 77.6 Å². The first kappa shape index (κ1) is 119. The second-order valence-corrected chi connectivity index (χ2v) is 13.6. The Morgan fingerprint density at radius 1 is 0.389 bits per heavy atom. The maximum atomic E-state index is 10.1. The Morgan fingerprint density at radius 3 is 0.600 bits per heavy atom. The highest BCUT2D eigenvalue weighted by Crippen LogP contribution is 2.03. The van der Waals surface area contributed by atoms with Crippen molar-refractivity contribution in [1.29, 1.82) is 0 Å². The van der Waals surface area contributed by atoms with Gasteiger partial charge in [0.1, 0.15) is 56.1 Å². The zero-order valence-corrected chi connectivity index (χ0v) is 48.8. The van der Waals surface area contributed by atoms with Gasteiger partial charge in [0.2, 0.25) is 5.78 Å². The van der Waals surface area contributed by atoms with Crippen LogP contribution < -0.4 is 5.32 Å². The second-order valence-electron chi connectivity index (χ2n) is 13.6. The van der Waals surface area contributed by atoms with Crippen molar-refractivity contribution in [3.63, 3.8) is 0 Å². The van der Waals surface area contributed by atoms with Crippen molar-refractivity contribution in [2.24, 2.45) is 0 Å². The molecule has 31 N–H and O–H groups in total. The Labute approximate surface area is 508 Å². The van der Waals surface area contributed by atoms with Crippen LogP contribution in [0.15, 0.2) is 0 Å². The number of aliphatic carboxylic acids is 13. The van der Waals surface area contributed by atoms with E-state index in [4.69, 9.17) is 158 Å². The molecule has 0 aromatic rings. The van der Waals surface area contributed by atoms with Crippen LogP contribution in [0.25, 0.3) is 0 Å². The molecule has 0 aromatic carbocycles. The molecule has 0 spiro atoms. The smallest absolute Gasteiger partial charge is 0.371 e. The molecule has 1 fully saturated rings. The van der Waals surface area contributed by atoms with Gasteiger partial charge in [0.15, 0.2) is 0 Å². The molecule has 0 saturated carbocycles. The fourth-order valence-electron chi connectivity index (χ4n) is 2.11. The third kappa shape index (κ3) is 217. The van der Waals surface area contributed by atoms with Gasteiger partial charge in [-0.05, 0) is 26.3 Å². The lowest BCUT2D eigenvalue weighted by Gasteiger charge is -1.99. The van der Waals surface area contributed by atoms with Crippen LogP contribution in [0.5, 0.6) is 0 Å². The number of rotatable bonds is 23. The van der Waals surface area contributed by atoms with Gasteiger partial charge in [-0.3, -0.25) is 67.1 Å². The fraction of sp³-hybridized carbons (Fsp3) is 0.659. The van der Waals surface area contributed by atoms with E-state index in [1.807, 2.05) is 0 Å². The number of hydrogen-bond donors (Lipinski definition) is 31. The summed E-state index contributed by atoms with van der Waals surface area (Å²) >= 11 is 0. The van der Waals surface area contributed by atoms with Gasteiger partial charge in [-0.1, -0.05) is 0 Å². The summed E-state index contributed by atoms with van der Waals surface area (Å²) in [7, 11) is 3.00. The summed E-state index contributed by atoms with van der Waals surface area (Å²) in [6, 6.07) is -0.269. The number of Topliss-reactive ketones (excluding diaryl/α,β-unsaturated/α-hetero) is 1. The van der Waals surface area contributed by atoms with Gasteiger partial charge in [0, 0.05) is 28.3 Å². The van der Waals surface area contributed by atoms with E-state index < -0.39 is 140 Å². The normalized spacial score (nSPS) is 10.3. The summed E-state index contributed by atoms with van der Waals surface area (Å²) in [5, 5.41) is 236. The largest absolute Gasteiger partial charge is 0.483 e. The molecule has 0 amide bonds. The average molecular weight is 1350 g/mol. The number of ketones is 1. The standard InChI is InChI=1S/C5H9NO2.C4H6O4.C4H8O3.4C3H4O4.4C3H8O3.C3H4O3.CH2O2.3CH4O/c7-5(8)4-2-1-3-6-4;5-3(6)1-2-4(7)8;1-3(5)2-4(6)7;4*4-2(5)1-3(6)7;4*4-1-3(6)2-5;1-2(4)3(5)6;2-1-3;3*1-2/h4,6H,1-3H2,(H,7,8);1-2H2,(H,5,6)(H,7,8);3,5H,2H2,1H3,(H,6,7);4*1H2,(H,4,5)(H,6,7);4*3-6H,1-2H2;1H3,(H,5,6);1H,(H,2,3);3*2H,1H3/t4-;;;;;;;;;;;;;;;/m0.............../s1. The number of carboxylic acids is 13. The van der Waals surface area contributed by atoms with Crippen LogP contribution in [0.2, 0.25) is 0 Å². The molecule has 2 atom stereocenters. The summed E-state index contributed by atoms with van der Waals surface area (Å²) in [4.78, 5) is 142. The molecule has 540 valence electrons. The van der Waals surface area contributed by atoms with Crippen molar-refractivity contribution in [3.8, 4) is 0 Å². The Kier molecular flexibility index (Phi) is 132. The van der Waals surface area contributed by atoms with E-state index in [-0.39, 0.29) is 84.6 Å². The highest BCUT2D eigenvalue weighted by Gasteiger charge is 2.20. The van der Waals surface area contributed by atoms with Crippen LogP contribution in [-0.2, 0) is 71.9 Å². The maximum Gasteiger partial charge on any atom is 0.371 e. The summed E-state index contributed by atoms with van der Waals surface area (Å²) in [6.45, 7) is 0.132. The molecule has 1 heterocycles. The second kappa shape index (κ2) is 99.6. The number of carbonyl (C=O) groups is 15. The van der Waals surface area contributed by atoms with Crippen LogP contribution in [0, 0.1) is 0 Å². The number of hydrogen-bond acceptors (Lipinski definition) is 32. The molecule has 46 heteroatoms. The van der Waals surface area contributed by atoms with Gasteiger partial charge in [0.05, 0.1) is 78.2 Å². The number of aliphatic hydroxyl groups is 16. The monoisotopic (exact) mass is 1350 g/mol. The lowest BCUT2D eigenvalue weighted by molar-refractivity contribution is -0.149. The first-order valence-electron chi connectivity index (χ1n) is 23.2. The van der Waals surface area contributed by atoms with Gasteiger partial charge < -0.3 is 159 Å². The van der Waals surface area contributed by atoms with E-state index in [1.54, 1.807) is 0 Å². The van der Waals surface area contributed by atoms with Crippen molar-refractivity contribution < 1.29 is 225 Å². The van der Waals surface area contributed by atoms with E-state index in [0.717, 1.165) is 47.6 Å². The molecule has 1 rings (SSSR count). The summed E-state index contributed by atoms with van der Waals surface area (Å²) in [6.07, 6.45) is -6.74. The molecule has 0 bridgehead atoms. The Hall–Kier alpha value is -8.43. The first-order chi connectivity index (χ1) is 41.3. The predicted octanol–water partition coefficient (Wildman–Crippen LogP) is -10.7. The van der Waals surface area contributed by atoms with Crippen LogP contribution in [0.4, 0.5) is 0 Å². The maximum absolute atomic E-state index is 10.1.